The van der Waals surface area contributed by atoms with E-state index in [4.69, 9.17) is 5.73 Å². The van der Waals surface area contributed by atoms with Gasteiger partial charge in [0.2, 0.25) is 0 Å². The van der Waals surface area contributed by atoms with Gasteiger partial charge in [-0.15, -0.1) is 0 Å². The summed E-state index contributed by atoms with van der Waals surface area (Å²) in [7, 11) is 4.22. The second kappa shape index (κ2) is 6.66. The van der Waals surface area contributed by atoms with Gasteiger partial charge in [-0.25, -0.2) is 0 Å². The molecule has 0 radical (unpaired) electrons. The summed E-state index contributed by atoms with van der Waals surface area (Å²) in [6, 6.07) is 8.97. The van der Waals surface area contributed by atoms with Crippen LogP contribution in [-0.2, 0) is 6.42 Å². The summed E-state index contributed by atoms with van der Waals surface area (Å²) in [5.74, 6) is 0.577. The second-order valence-electron chi connectivity index (χ2n) is 4.77. The highest BCUT2D eigenvalue weighted by Gasteiger charge is 2.04. The van der Waals surface area contributed by atoms with Crippen molar-refractivity contribution >= 4 is 0 Å². The number of hydrogen-bond donors (Lipinski definition) is 1. The number of benzene rings is 1. The lowest BCUT2D eigenvalue weighted by molar-refractivity contribution is 0.413. The Morgan fingerprint density at radius 1 is 1.19 bits per heavy atom. The van der Waals surface area contributed by atoms with Gasteiger partial charge >= 0.3 is 0 Å². The molecule has 1 aromatic rings. The van der Waals surface area contributed by atoms with E-state index in [0.29, 0.717) is 5.92 Å². The Kier molecular flexibility index (Phi) is 5.50. The molecule has 0 aliphatic rings. The Morgan fingerprint density at radius 2 is 1.81 bits per heavy atom. The molecule has 0 aliphatic carbocycles. The SMILES string of the molecule is CC(CCN)c1ccc(CCN(C)C)cc1. The quantitative estimate of drug-likeness (QED) is 0.796. The topological polar surface area (TPSA) is 29.3 Å². The second-order valence-corrected chi connectivity index (χ2v) is 4.77. The summed E-state index contributed by atoms with van der Waals surface area (Å²) in [6.07, 6.45) is 2.19. The predicted octanol–water partition coefficient (Wildman–Crippen LogP) is 2.24. The Balaban J connectivity index is 2.53. The number of likely N-dealkylation sites (N-methyl/N-ethyl adjacent to an activating group) is 1. The molecule has 1 rings (SSSR count). The van der Waals surface area contributed by atoms with E-state index in [0.717, 1.165) is 25.9 Å². The van der Waals surface area contributed by atoms with Crippen LogP contribution >= 0.6 is 0 Å². The Labute approximate surface area is 99.5 Å². The van der Waals surface area contributed by atoms with Gasteiger partial charge in [-0.05, 0) is 50.5 Å². The molecule has 0 saturated heterocycles. The Hall–Kier alpha value is -0.860. The molecule has 0 saturated carbocycles. The van der Waals surface area contributed by atoms with E-state index in [1.165, 1.54) is 11.1 Å². The highest BCUT2D eigenvalue weighted by Crippen LogP contribution is 2.18. The van der Waals surface area contributed by atoms with Gasteiger partial charge in [-0.1, -0.05) is 31.2 Å². The Morgan fingerprint density at radius 3 is 2.31 bits per heavy atom. The van der Waals surface area contributed by atoms with E-state index in [-0.39, 0.29) is 0 Å². The molecule has 16 heavy (non-hydrogen) atoms. The van der Waals surface area contributed by atoms with E-state index in [1.54, 1.807) is 0 Å². The molecule has 0 spiro atoms. The molecule has 0 heterocycles. The molecule has 1 unspecified atom stereocenters. The fourth-order valence-corrected chi connectivity index (χ4v) is 1.78. The van der Waals surface area contributed by atoms with Gasteiger partial charge in [0.1, 0.15) is 0 Å². The molecule has 1 atom stereocenters. The normalized spacial score (nSPS) is 13.1. The van der Waals surface area contributed by atoms with Crippen molar-refractivity contribution in [1.82, 2.24) is 4.90 Å². The summed E-state index contributed by atoms with van der Waals surface area (Å²) in [5, 5.41) is 0. The summed E-state index contributed by atoms with van der Waals surface area (Å²) >= 11 is 0. The fraction of sp³-hybridized carbons (Fsp3) is 0.571. The van der Waals surface area contributed by atoms with Crippen molar-refractivity contribution in [3.63, 3.8) is 0 Å². The smallest absolute Gasteiger partial charge is 0.00157 e. The van der Waals surface area contributed by atoms with E-state index in [9.17, 15) is 0 Å². The number of hydrogen-bond acceptors (Lipinski definition) is 2. The average molecular weight is 220 g/mol. The third-order valence-electron chi connectivity index (χ3n) is 3.00. The molecule has 2 heteroatoms. The molecule has 0 aromatic heterocycles. The molecular formula is C14H24N2. The van der Waals surface area contributed by atoms with Gasteiger partial charge in [0, 0.05) is 6.54 Å². The molecule has 0 bridgehead atoms. The maximum Gasteiger partial charge on any atom is 0.00157 e. The first kappa shape index (κ1) is 13.2. The lowest BCUT2D eigenvalue weighted by Gasteiger charge is -2.12. The van der Waals surface area contributed by atoms with E-state index < -0.39 is 0 Å². The zero-order valence-corrected chi connectivity index (χ0v) is 10.7. The van der Waals surface area contributed by atoms with Gasteiger partial charge < -0.3 is 10.6 Å². The van der Waals surface area contributed by atoms with Crippen LogP contribution in [0, 0.1) is 0 Å². The van der Waals surface area contributed by atoms with Crippen LogP contribution in [0.25, 0.3) is 0 Å². The first-order valence-electron chi connectivity index (χ1n) is 6.07. The van der Waals surface area contributed by atoms with Crippen LogP contribution in [0.1, 0.15) is 30.4 Å². The summed E-state index contributed by atoms with van der Waals surface area (Å²) in [4.78, 5) is 2.21. The van der Waals surface area contributed by atoms with Crippen LogP contribution in [0.15, 0.2) is 24.3 Å². The minimum atomic E-state index is 0.577. The predicted molar refractivity (Wildman–Crippen MR) is 70.8 cm³/mol. The highest BCUT2D eigenvalue weighted by molar-refractivity contribution is 5.25. The summed E-state index contributed by atoms with van der Waals surface area (Å²) in [6.45, 7) is 4.11. The average Bonchev–Trinajstić information content (AvgIpc) is 2.27. The fourth-order valence-electron chi connectivity index (χ4n) is 1.78. The lowest BCUT2D eigenvalue weighted by Crippen LogP contribution is -2.15. The molecule has 0 amide bonds. The van der Waals surface area contributed by atoms with Gasteiger partial charge in [0.25, 0.3) is 0 Å². The first-order chi connectivity index (χ1) is 7.63. The summed E-state index contributed by atoms with van der Waals surface area (Å²) in [5.41, 5.74) is 8.39. The van der Waals surface area contributed by atoms with Crippen LogP contribution in [0.3, 0.4) is 0 Å². The van der Waals surface area contributed by atoms with Crippen molar-refractivity contribution < 1.29 is 0 Å². The number of nitrogens with zero attached hydrogens (tertiary/aromatic N) is 1. The van der Waals surface area contributed by atoms with Crippen LogP contribution in [0.2, 0.25) is 0 Å². The van der Waals surface area contributed by atoms with Crippen molar-refractivity contribution in [1.29, 1.82) is 0 Å². The molecule has 1 aromatic carbocycles. The molecule has 2 N–H and O–H groups in total. The Bertz CT molecular complexity index is 290. The van der Waals surface area contributed by atoms with Crippen molar-refractivity contribution in [3.8, 4) is 0 Å². The molecule has 0 aliphatic heterocycles. The van der Waals surface area contributed by atoms with Crippen LogP contribution in [0.5, 0.6) is 0 Å². The first-order valence-corrected chi connectivity index (χ1v) is 6.07. The summed E-state index contributed by atoms with van der Waals surface area (Å²) < 4.78 is 0. The van der Waals surface area contributed by atoms with E-state index in [2.05, 4.69) is 50.2 Å². The van der Waals surface area contributed by atoms with Crippen LogP contribution in [-0.4, -0.2) is 32.1 Å². The van der Waals surface area contributed by atoms with Crippen molar-refractivity contribution in [2.45, 2.75) is 25.7 Å². The van der Waals surface area contributed by atoms with Crippen molar-refractivity contribution in [3.05, 3.63) is 35.4 Å². The standard InChI is InChI=1S/C14H24N2/c1-12(8-10-15)14-6-4-13(5-7-14)9-11-16(2)3/h4-7,12H,8-11,15H2,1-3H3. The van der Waals surface area contributed by atoms with Gasteiger partial charge in [-0.3, -0.25) is 0 Å². The molecule has 0 fully saturated rings. The highest BCUT2D eigenvalue weighted by atomic mass is 15.0. The van der Waals surface area contributed by atoms with Crippen molar-refractivity contribution in [2.75, 3.05) is 27.2 Å². The number of rotatable bonds is 6. The molecule has 2 nitrogen and oxygen atoms in total. The number of nitrogens with two attached hydrogens (primary N) is 1. The third-order valence-corrected chi connectivity index (χ3v) is 3.00. The van der Waals surface area contributed by atoms with E-state index in [1.807, 2.05) is 0 Å². The maximum absolute atomic E-state index is 5.57. The van der Waals surface area contributed by atoms with Gasteiger partial charge in [0.05, 0.1) is 0 Å². The molecule has 90 valence electrons. The third kappa shape index (κ3) is 4.33. The zero-order chi connectivity index (χ0) is 12.0. The largest absolute Gasteiger partial charge is 0.330 e. The maximum atomic E-state index is 5.57. The van der Waals surface area contributed by atoms with Crippen LogP contribution in [0.4, 0.5) is 0 Å². The van der Waals surface area contributed by atoms with Gasteiger partial charge in [0.15, 0.2) is 0 Å². The van der Waals surface area contributed by atoms with Crippen LogP contribution < -0.4 is 5.73 Å². The minimum Gasteiger partial charge on any atom is -0.330 e. The monoisotopic (exact) mass is 220 g/mol. The van der Waals surface area contributed by atoms with Gasteiger partial charge in [-0.2, -0.15) is 0 Å². The molecular weight excluding hydrogens is 196 g/mol. The van der Waals surface area contributed by atoms with E-state index >= 15 is 0 Å². The minimum absolute atomic E-state index is 0.577. The lowest BCUT2D eigenvalue weighted by atomic mass is 9.96. The van der Waals surface area contributed by atoms with Crippen molar-refractivity contribution in [2.24, 2.45) is 5.73 Å². The zero-order valence-electron chi connectivity index (χ0n) is 10.7.